The van der Waals surface area contributed by atoms with Gasteiger partial charge in [0, 0.05) is 34.6 Å². The highest BCUT2D eigenvalue weighted by Crippen LogP contribution is 2.68. The van der Waals surface area contributed by atoms with Crippen LogP contribution in [0.4, 0.5) is 22.4 Å². The largest absolute Gasteiger partial charge is 0.490 e. The first-order valence-corrected chi connectivity index (χ1v) is 17.0. The number of carbonyl (C=O) groups excluding carboxylic acids is 4. The van der Waals surface area contributed by atoms with Crippen molar-refractivity contribution in [3.05, 3.63) is 23.8 Å². The Morgan fingerprint density at radius 3 is 2.19 bits per heavy atom. The average molecular weight is 666 g/mol. The molecule has 0 aromatic carbocycles. The molecular formula is C35H43F4NO7. The van der Waals surface area contributed by atoms with Gasteiger partial charge in [0.1, 0.15) is 6.10 Å². The molecule has 8 rings (SSSR count). The molecule has 2 N–H and O–H groups in total. The molecule has 1 amide bonds. The number of carbonyl (C=O) groups is 4. The van der Waals surface area contributed by atoms with Gasteiger partial charge in [0.2, 0.25) is 0 Å². The van der Waals surface area contributed by atoms with Crippen LogP contribution >= 0.6 is 0 Å². The third kappa shape index (κ3) is 4.61. The lowest BCUT2D eigenvalue weighted by Gasteiger charge is -2.65. The fourth-order valence-electron chi connectivity index (χ4n) is 11.9. The van der Waals surface area contributed by atoms with Gasteiger partial charge in [-0.3, -0.25) is 9.59 Å². The summed E-state index contributed by atoms with van der Waals surface area (Å²) in [5.74, 6) is -4.65. The van der Waals surface area contributed by atoms with E-state index in [9.17, 15) is 37.5 Å². The Kier molecular flexibility index (Phi) is 7.23. The zero-order chi connectivity index (χ0) is 33.9. The summed E-state index contributed by atoms with van der Waals surface area (Å²) in [6.45, 7) is 3.79. The highest BCUT2D eigenvalue weighted by molar-refractivity contribution is 6.01. The Bertz CT molecular complexity index is 1440. The summed E-state index contributed by atoms with van der Waals surface area (Å²) < 4.78 is 69.8. The molecule has 8 aliphatic carbocycles. The molecule has 8 aliphatic rings. The van der Waals surface area contributed by atoms with Gasteiger partial charge in [-0.1, -0.05) is 25.5 Å². The number of esters is 1. The SMILES string of the molecule is C[C@H]1CC2C3CCC4=CC(=O)C=C[C@]4(C)[C@@]3(F)[C@@H](OC(=O)C(F)(F)F)C[C@]2(C)C(=O)[C@]1(CO)OC(=O)NC12CC3CC(CC(C3)C1)C2. The average Bonchev–Trinajstić information content (AvgIpc) is 2.96. The third-order valence-corrected chi connectivity index (χ3v) is 13.7. The molecule has 7 fully saturated rings. The Balaban J connectivity index is 1.22. The molecule has 8 atom stereocenters. The number of aliphatic hydroxyl groups excluding tert-OH is 1. The number of ketones is 2. The molecule has 0 aromatic rings. The van der Waals surface area contributed by atoms with E-state index in [1.54, 1.807) is 6.92 Å². The smallest absolute Gasteiger partial charge is 0.452 e. The molecule has 7 saturated carbocycles. The topological polar surface area (TPSA) is 119 Å². The molecule has 0 spiro atoms. The molecule has 0 saturated heterocycles. The van der Waals surface area contributed by atoms with E-state index < -0.39 is 88.5 Å². The van der Waals surface area contributed by atoms with Crippen molar-refractivity contribution < 1.29 is 51.3 Å². The Morgan fingerprint density at radius 1 is 1.00 bits per heavy atom. The van der Waals surface area contributed by atoms with E-state index in [1.165, 1.54) is 32.1 Å². The van der Waals surface area contributed by atoms with Crippen molar-refractivity contribution in [3.63, 3.8) is 0 Å². The van der Waals surface area contributed by atoms with Crippen LogP contribution in [0.3, 0.4) is 0 Å². The van der Waals surface area contributed by atoms with Crippen LogP contribution in [0.2, 0.25) is 0 Å². The normalized spacial score (nSPS) is 48.2. The molecule has 12 heteroatoms. The zero-order valence-electron chi connectivity index (χ0n) is 27.0. The number of rotatable bonds is 4. The van der Waals surface area contributed by atoms with E-state index in [2.05, 4.69) is 5.32 Å². The van der Waals surface area contributed by atoms with Crippen molar-refractivity contribution in [2.45, 2.75) is 114 Å². The molecule has 258 valence electrons. The fourth-order valence-corrected chi connectivity index (χ4v) is 11.9. The number of aliphatic hydroxyl groups is 1. The second-order valence-electron chi connectivity index (χ2n) is 16.4. The lowest BCUT2D eigenvalue weighted by Crippen LogP contribution is -2.73. The number of allylic oxidation sites excluding steroid dienone is 4. The van der Waals surface area contributed by atoms with Gasteiger partial charge >= 0.3 is 18.2 Å². The van der Waals surface area contributed by atoms with Gasteiger partial charge in [-0.2, -0.15) is 13.2 Å². The van der Waals surface area contributed by atoms with Gasteiger partial charge < -0.3 is 19.9 Å². The number of amides is 1. The molecule has 2 unspecified atom stereocenters. The van der Waals surface area contributed by atoms with Crippen LogP contribution < -0.4 is 5.32 Å². The predicted octanol–water partition coefficient (Wildman–Crippen LogP) is 5.71. The highest BCUT2D eigenvalue weighted by atomic mass is 19.4. The van der Waals surface area contributed by atoms with Gasteiger partial charge in [0.05, 0.1) is 6.61 Å². The van der Waals surface area contributed by atoms with Crippen LogP contribution in [0, 0.1) is 46.3 Å². The summed E-state index contributed by atoms with van der Waals surface area (Å²) in [6, 6.07) is 0. The minimum absolute atomic E-state index is 0.0961. The van der Waals surface area contributed by atoms with Gasteiger partial charge in [-0.25, -0.2) is 14.0 Å². The summed E-state index contributed by atoms with van der Waals surface area (Å²) in [7, 11) is 0. The molecule has 0 radical (unpaired) electrons. The number of hydrogen-bond acceptors (Lipinski definition) is 7. The van der Waals surface area contributed by atoms with Gasteiger partial charge in [-0.15, -0.1) is 0 Å². The number of halogens is 4. The number of alkyl halides is 4. The van der Waals surface area contributed by atoms with Crippen molar-refractivity contribution in [3.8, 4) is 0 Å². The van der Waals surface area contributed by atoms with Crippen LogP contribution in [-0.2, 0) is 23.9 Å². The maximum Gasteiger partial charge on any atom is 0.490 e. The predicted molar refractivity (Wildman–Crippen MR) is 158 cm³/mol. The molecule has 4 bridgehead atoms. The Morgan fingerprint density at radius 2 is 1.62 bits per heavy atom. The summed E-state index contributed by atoms with van der Waals surface area (Å²) in [4.78, 5) is 52.9. The van der Waals surface area contributed by atoms with E-state index in [1.807, 2.05) is 0 Å². The van der Waals surface area contributed by atoms with Crippen LogP contribution in [0.5, 0.6) is 0 Å². The monoisotopic (exact) mass is 665 g/mol. The number of alkyl carbamates (subject to hydrolysis) is 1. The second-order valence-corrected chi connectivity index (χ2v) is 16.4. The molecule has 8 nitrogen and oxygen atoms in total. The first-order valence-electron chi connectivity index (χ1n) is 17.0. The summed E-state index contributed by atoms with van der Waals surface area (Å²) >= 11 is 0. The molecule has 0 aliphatic heterocycles. The van der Waals surface area contributed by atoms with E-state index in [-0.39, 0.29) is 25.0 Å². The highest BCUT2D eigenvalue weighted by Gasteiger charge is 2.75. The van der Waals surface area contributed by atoms with Crippen LogP contribution in [0.15, 0.2) is 23.8 Å². The van der Waals surface area contributed by atoms with Gasteiger partial charge in [0.25, 0.3) is 0 Å². The van der Waals surface area contributed by atoms with E-state index in [4.69, 9.17) is 9.47 Å². The van der Waals surface area contributed by atoms with Crippen molar-refractivity contribution in [2.75, 3.05) is 6.61 Å². The molecule has 47 heavy (non-hydrogen) atoms. The number of Topliss-reactive ketones (excluding diaryl/α,β-unsaturated/α-hetero) is 1. The van der Waals surface area contributed by atoms with Crippen molar-refractivity contribution in [1.82, 2.24) is 5.32 Å². The molecule has 0 heterocycles. The second kappa shape index (κ2) is 10.4. The first-order chi connectivity index (χ1) is 21.9. The first kappa shape index (κ1) is 32.8. The maximum atomic E-state index is 18.1. The number of ether oxygens (including phenoxy) is 2. The van der Waals surface area contributed by atoms with Crippen molar-refractivity contribution in [2.24, 2.45) is 46.3 Å². The summed E-state index contributed by atoms with van der Waals surface area (Å²) in [6.07, 6.45) is 1.30. The minimum atomic E-state index is -5.42. The standard InChI is InChI=1S/C35H43F4NO7/c1-18-8-25-24-5-4-22-12-23(42)6-7-31(22,3)34(24,36)26(46-28(44)35(37,38)39)16-30(25,2)27(43)33(18,17-41)47-29(45)40-32-13-19-9-20(14-32)11-21(10-19)15-32/h6-7,12,18-21,24-26,41H,4-5,8-11,13-17H2,1-3H3,(H,40,45)/t18-,19?,20?,21?,24?,25?,26-,30-,31-,32?,33+,34-/m0/s1. The van der Waals surface area contributed by atoms with Crippen LogP contribution in [0.25, 0.3) is 0 Å². The zero-order valence-corrected chi connectivity index (χ0v) is 27.0. The fraction of sp³-hybridized carbons (Fsp3) is 0.771. The van der Waals surface area contributed by atoms with Crippen molar-refractivity contribution >= 4 is 23.6 Å². The summed E-state index contributed by atoms with van der Waals surface area (Å²) in [5.41, 5.74) is -7.86. The van der Waals surface area contributed by atoms with E-state index in [0.29, 0.717) is 23.3 Å². The van der Waals surface area contributed by atoms with Gasteiger partial charge in [0.15, 0.2) is 22.8 Å². The minimum Gasteiger partial charge on any atom is -0.452 e. The number of fused-ring (bicyclic) bond motifs is 5. The summed E-state index contributed by atoms with van der Waals surface area (Å²) in [5, 5.41) is 13.9. The van der Waals surface area contributed by atoms with Gasteiger partial charge in [-0.05, 0) is 101 Å². The maximum absolute atomic E-state index is 18.1. The van der Waals surface area contributed by atoms with Crippen molar-refractivity contribution in [1.29, 1.82) is 0 Å². The Hall–Kier alpha value is -2.76. The lowest BCUT2D eigenvalue weighted by atomic mass is 9.41. The van der Waals surface area contributed by atoms with E-state index >= 15 is 4.39 Å². The molecule has 0 aromatic heterocycles. The Labute approximate surface area is 271 Å². The number of hydrogen-bond donors (Lipinski definition) is 2. The van der Waals surface area contributed by atoms with Crippen LogP contribution in [0.1, 0.15) is 85.0 Å². The number of nitrogens with one attached hydrogen (secondary N) is 1. The molecular weight excluding hydrogens is 622 g/mol. The third-order valence-electron chi connectivity index (χ3n) is 13.7. The quantitative estimate of drug-likeness (QED) is 0.292. The van der Waals surface area contributed by atoms with E-state index in [0.717, 1.165) is 38.5 Å². The van der Waals surface area contributed by atoms with Crippen LogP contribution in [-0.4, -0.2) is 64.4 Å². The lowest BCUT2D eigenvalue weighted by molar-refractivity contribution is -0.249.